The maximum Gasteiger partial charge on any atom is 0.274 e. The molecule has 0 unspecified atom stereocenters. The standard InChI is InChI=1S/C19H17ClN4O2/c20-12-5-7-13(8-6-12)22-19(26)18-17(24-10-2-4-16(24)25)14(11-21)15-3-1-9-23(15)18/h5-8H,1-4,9-10H2,(H,22,26). The Bertz CT molecular complexity index is 940. The molecule has 1 aromatic carbocycles. The Morgan fingerprint density at radius 3 is 2.54 bits per heavy atom. The Labute approximate surface area is 156 Å². The molecule has 1 fully saturated rings. The molecular weight excluding hydrogens is 352 g/mol. The van der Waals surface area contributed by atoms with Crippen molar-refractivity contribution in [2.45, 2.75) is 32.2 Å². The van der Waals surface area contributed by atoms with Crippen LogP contribution in [0.25, 0.3) is 0 Å². The molecule has 0 saturated carbocycles. The van der Waals surface area contributed by atoms with Gasteiger partial charge < -0.3 is 14.8 Å². The van der Waals surface area contributed by atoms with Crippen LogP contribution in [0, 0.1) is 11.3 Å². The van der Waals surface area contributed by atoms with Crippen LogP contribution in [0.4, 0.5) is 11.4 Å². The first-order valence-corrected chi connectivity index (χ1v) is 9.00. The van der Waals surface area contributed by atoms with Crippen LogP contribution < -0.4 is 10.2 Å². The maximum atomic E-state index is 13.1. The van der Waals surface area contributed by atoms with Crippen LogP contribution in [0.2, 0.25) is 5.02 Å². The van der Waals surface area contributed by atoms with Gasteiger partial charge in [0.15, 0.2) is 0 Å². The number of nitrogens with one attached hydrogen (secondary N) is 1. The van der Waals surface area contributed by atoms with E-state index < -0.39 is 0 Å². The zero-order chi connectivity index (χ0) is 18.3. The number of amides is 2. The molecule has 2 aliphatic rings. The average Bonchev–Trinajstić information content (AvgIpc) is 3.31. The van der Waals surface area contributed by atoms with Gasteiger partial charge in [0, 0.05) is 35.9 Å². The van der Waals surface area contributed by atoms with E-state index in [1.54, 1.807) is 29.2 Å². The molecule has 1 saturated heterocycles. The Hall–Kier alpha value is -2.78. The number of nitrogens with zero attached hydrogens (tertiary/aromatic N) is 3. The van der Waals surface area contributed by atoms with Crippen LogP contribution in [0.3, 0.4) is 0 Å². The molecule has 3 heterocycles. The second-order valence-electron chi connectivity index (χ2n) is 6.50. The van der Waals surface area contributed by atoms with Gasteiger partial charge in [0.1, 0.15) is 11.8 Å². The predicted molar refractivity (Wildman–Crippen MR) is 98.5 cm³/mol. The van der Waals surface area contributed by atoms with Gasteiger partial charge in [-0.15, -0.1) is 0 Å². The lowest BCUT2D eigenvalue weighted by Gasteiger charge is -2.18. The number of hydrogen-bond acceptors (Lipinski definition) is 3. The summed E-state index contributed by atoms with van der Waals surface area (Å²) in [5.41, 5.74) is 2.79. The zero-order valence-electron chi connectivity index (χ0n) is 14.1. The van der Waals surface area contributed by atoms with Gasteiger partial charge in [-0.05, 0) is 43.5 Å². The quantitative estimate of drug-likeness (QED) is 0.902. The van der Waals surface area contributed by atoms with Crippen molar-refractivity contribution in [1.29, 1.82) is 5.26 Å². The summed E-state index contributed by atoms with van der Waals surface area (Å²) < 4.78 is 1.89. The van der Waals surface area contributed by atoms with Crippen LogP contribution in [0.1, 0.15) is 41.0 Å². The van der Waals surface area contributed by atoms with E-state index in [-0.39, 0.29) is 11.8 Å². The van der Waals surface area contributed by atoms with Crippen molar-refractivity contribution in [1.82, 2.24) is 4.57 Å². The van der Waals surface area contributed by atoms with Gasteiger partial charge in [0.05, 0.1) is 11.3 Å². The molecule has 0 atom stereocenters. The molecule has 0 spiro atoms. The summed E-state index contributed by atoms with van der Waals surface area (Å²) >= 11 is 5.89. The first-order valence-electron chi connectivity index (χ1n) is 8.63. The number of carbonyl (C=O) groups is 2. The molecule has 132 valence electrons. The molecule has 0 aliphatic carbocycles. The minimum Gasteiger partial charge on any atom is -0.337 e. The smallest absolute Gasteiger partial charge is 0.274 e. The molecule has 26 heavy (non-hydrogen) atoms. The second kappa shape index (κ2) is 6.50. The molecule has 0 radical (unpaired) electrons. The molecule has 7 heteroatoms. The molecule has 4 rings (SSSR count). The number of benzene rings is 1. The number of hydrogen-bond donors (Lipinski definition) is 1. The Balaban J connectivity index is 1.79. The van der Waals surface area contributed by atoms with Crippen LogP contribution in [-0.2, 0) is 17.8 Å². The van der Waals surface area contributed by atoms with Gasteiger partial charge in [-0.2, -0.15) is 5.26 Å². The number of carbonyl (C=O) groups excluding carboxylic acids is 2. The Morgan fingerprint density at radius 1 is 1.15 bits per heavy atom. The van der Waals surface area contributed by atoms with Crippen LogP contribution >= 0.6 is 11.6 Å². The molecular formula is C19H17ClN4O2. The lowest BCUT2D eigenvalue weighted by Crippen LogP contribution is -2.28. The summed E-state index contributed by atoms with van der Waals surface area (Å²) in [4.78, 5) is 27.0. The fourth-order valence-electron chi connectivity index (χ4n) is 3.78. The minimum absolute atomic E-state index is 0.0358. The summed E-state index contributed by atoms with van der Waals surface area (Å²) in [6, 6.07) is 9.07. The van der Waals surface area contributed by atoms with Crippen LogP contribution in [0.15, 0.2) is 24.3 Å². The van der Waals surface area contributed by atoms with Gasteiger partial charge in [-0.3, -0.25) is 9.59 Å². The normalized spacial score (nSPS) is 15.8. The van der Waals surface area contributed by atoms with Gasteiger partial charge in [0.2, 0.25) is 5.91 Å². The lowest BCUT2D eigenvalue weighted by atomic mass is 10.1. The van der Waals surface area contributed by atoms with E-state index in [1.165, 1.54) is 0 Å². The van der Waals surface area contributed by atoms with E-state index in [0.717, 1.165) is 25.0 Å². The third-order valence-electron chi connectivity index (χ3n) is 4.91. The van der Waals surface area contributed by atoms with E-state index in [9.17, 15) is 14.9 Å². The van der Waals surface area contributed by atoms with Crippen molar-refractivity contribution in [2.24, 2.45) is 0 Å². The van der Waals surface area contributed by atoms with E-state index in [2.05, 4.69) is 11.4 Å². The highest BCUT2D eigenvalue weighted by atomic mass is 35.5. The largest absolute Gasteiger partial charge is 0.337 e. The summed E-state index contributed by atoms with van der Waals surface area (Å²) in [5, 5.41) is 13.1. The number of fused-ring (bicyclic) bond motifs is 1. The summed E-state index contributed by atoms with van der Waals surface area (Å²) in [7, 11) is 0. The second-order valence-corrected chi connectivity index (χ2v) is 6.93. The van der Waals surface area contributed by atoms with Crippen molar-refractivity contribution >= 4 is 34.8 Å². The van der Waals surface area contributed by atoms with Gasteiger partial charge in [-0.1, -0.05) is 11.6 Å². The fraction of sp³-hybridized carbons (Fsp3) is 0.316. The molecule has 6 nitrogen and oxygen atoms in total. The van der Waals surface area contributed by atoms with Crippen molar-refractivity contribution < 1.29 is 9.59 Å². The monoisotopic (exact) mass is 368 g/mol. The highest BCUT2D eigenvalue weighted by Gasteiger charge is 2.36. The van der Waals surface area contributed by atoms with Crippen molar-refractivity contribution in [3.8, 4) is 6.07 Å². The van der Waals surface area contributed by atoms with E-state index in [4.69, 9.17) is 11.6 Å². The number of rotatable bonds is 3. The van der Waals surface area contributed by atoms with Crippen LogP contribution in [0.5, 0.6) is 0 Å². The number of aromatic nitrogens is 1. The van der Waals surface area contributed by atoms with Gasteiger partial charge >= 0.3 is 0 Å². The van der Waals surface area contributed by atoms with E-state index >= 15 is 0 Å². The SMILES string of the molecule is N#Cc1c(N2CCCC2=O)c(C(=O)Nc2ccc(Cl)cc2)n2c1CCC2. The van der Waals surface area contributed by atoms with Gasteiger partial charge in [-0.25, -0.2) is 0 Å². The first kappa shape index (κ1) is 16.7. The summed E-state index contributed by atoms with van der Waals surface area (Å²) in [5.74, 6) is -0.349. The van der Waals surface area contributed by atoms with E-state index in [1.807, 2.05) is 4.57 Å². The number of nitriles is 1. The molecule has 2 aromatic rings. The zero-order valence-corrected chi connectivity index (χ0v) is 14.8. The summed E-state index contributed by atoms with van der Waals surface area (Å²) in [6.45, 7) is 1.22. The molecule has 2 amide bonds. The molecule has 1 N–H and O–H groups in total. The first-order chi connectivity index (χ1) is 12.6. The Kier molecular flexibility index (Phi) is 4.17. The minimum atomic E-state index is -0.313. The maximum absolute atomic E-state index is 13.1. The Morgan fingerprint density at radius 2 is 1.88 bits per heavy atom. The number of halogens is 1. The molecule has 2 aliphatic heterocycles. The lowest BCUT2D eigenvalue weighted by molar-refractivity contribution is -0.117. The average molecular weight is 369 g/mol. The highest BCUT2D eigenvalue weighted by Crippen LogP contribution is 2.37. The third-order valence-corrected chi connectivity index (χ3v) is 5.17. The van der Waals surface area contributed by atoms with Crippen molar-refractivity contribution in [3.63, 3.8) is 0 Å². The predicted octanol–water partition coefficient (Wildman–Crippen LogP) is 3.34. The topological polar surface area (TPSA) is 78.1 Å². The number of anilines is 2. The molecule has 1 aromatic heterocycles. The third kappa shape index (κ3) is 2.65. The van der Waals surface area contributed by atoms with Gasteiger partial charge in [0.25, 0.3) is 5.91 Å². The highest BCUT2D eigenvalue weighted by molar-refractivity contribution is 6.30. The fourth-order valence-corrected chi connectivity index (χ4v) is 3.91. The molecule has 0 bridgehead atoms. The van der Waals surface area contributed by atoms with Crippen molar-refractivity contribution in [3.05, 3.63) is 46.2 Å². The van der Waals surface area contributed by atoms with Crippen molar-refractivity contribution in [2.75, 3.05) is 16.8 Å². The summed E-state index contributed by atoms with van der Waals surface area (Å²) in [6.07, 6.45) is 2.82. The van der Waals surface area contributed by atoms with E-state index in [0.29, 0.717) is 47.2 Å². The van der Waals surface area contributed by atoms with Crippen LogP contribution in [-0.4, -0.2) is 22.9 Å².